The molecule has 1 aliphatic carbocycles. The molecule has 49 heavy (non-hydrogen) atoms. The topological polar surface area (TPSA) is 71.6 Å². The lowest BCUT2D eigenvalue weighted by Crippen LogP contribution is -2.50. The van der Waals surface area contributed by atoms with Gasteiger partial charge in [0.05, 0.1) is 32.3 Å². The van der Waals surface area contributed by atoms with E-state index in [0.29, 0.717) is 49.5 Å². The van der Waals surface area contributed by atoms with Crippen molar-refractivity contribution in [2.75, 3.05) is 72.1 Å². The largest absolute Gasteiger partial charge is 0.497 e. The van der Waals surface area contributed by atoms with Crippen LogP contribution in [0.1, 0.15) is 67.1 Å². The Morgan fingerprint density at radius 2 is 1.61 bits per heavy atom. The number of alkyl halides is 4. The van der Waals surface area contributed by atoms with Gasteiger partial charge >= 0.3 is 12.1 Å². The molecule has 3 heterocycles. The van der Waals surface area contributed by atoms with Crippen LogP contribution in [-0.2, 0) is 25.2 Å². The zero-order chi connectivity index (χ0) is 34.9. The highest BCUT2D eigenvalue weighted by Crippen LogP contribution is 2.47. The monoisotopic (exact) mass is 689 g/mol. The molecule has 0 bridgehead atoms. The summed E-state index contributed by atoms with van der Waals surface area (Å²) in [5.41, 5.74) is -1.11. The zero-order valence-corrected chi connectivity index (χ0v) is 28.5. The maximum absolute atomic E-state index is 17.7. The van der Waals surface area contributed by atoms with E-state index < -0.39 is 29.2 Å². The highest BCUT2D eigenvalue weighted by molar-refractivity contribution is 5.88. The van der Waals surface area contributed by atoms with E-state index in [9.17, 15) is 22.8 Å². The smallest absolute Gasteiger partial charge is 0.416 e. The van der Waals surface area contributed by atoms with Gasteiger partial charge in [0.15, 0.2) is 0 Å². The van der Waals surface area contributed by atoms with E-state index >= 15 is 4.39 Å². The van der Waals surface area contributed by atoms with E-state index in [-0.39, 0.29) is 56.0 Å². The van der Waals surface area contributed by atoms with Crippen LogP contribution in [0.25, 0.3) is 0 Å². The number of esters is 1. The molecule has 3 aliphatic heterocycles. The summed E-state index contributed by atoms with van der Waals surface area (Å²) >= 11 is 0. The number of amides is 1. The van der Waals surface area contributed by atoms with Crippen molar-refractivity contribution in [1.82, 2.24) is 9.80 Å². The molecule has 0 radical (unpaired) electrons. The van der Waals surface area contributed by atoms with Crippen LogP contribution in [0.3, 0.4) is 0 Å². The van der Waals surface area contributed by atoms with Crippen LogP contribution >= 0.6 is 0 Å². The highest BCUT2D eigenvalue weighted by atomic mass is 19.4. The molecule has 1 amide bonds. The second-order valence-electron chi connectivity index (χ2n) is 14.1. The summed E-state index contributed by atoms with van der Waals surface area (Å²) in [7, 11) is 4.46. The van der Waals surface area contributed by atoms with Gasteiger partial charge in [-0.2, -0.15) is 13.2 Å². The number of piperidine rings is 1. The Kier molecular flexibility index (Phi) is 10.5. The van der Waals surface area contributed by atoms with Crippen LogP contribution in [0, 0.1) is 11.8 Å². The molecular formula is C37H47F4N3O5. The molecule has 12 heteroatoms. The number of benzene rings is 2. The van der Waals surface area contributed by atoms with Gasteiger partial charge in [-0.3, -0.25) is 14.5 Å². The lowest BCUT2D eigenvalue weighted by Gasteiger charge is -2.35. The van der Waals surface area contributed by atoms with Crippen LogP contribution in [-0.4, -0.2) is 101 Å². The summed E-state index contributed by atoms with van der Waals surface area (Å²) in [5, 5.41) is 0. The number of carbonyl (C=O) groups excluding carboxylic acids is 2. The van der Waals surface area contributed by atoms with Gasteiger partial charge < -0.3 is 24.0 Å². The van der Waals surface area contributed by atoms with E-state index in [2.05, 4.69) is 4.90 Å². The molecule has 1 saturated carbocycles. The maximum Gasteiger partial charge on any atom is 0.416 e. The molecule has 0 unspecified atom stereocenters. The predicted octanol–water partition coefficient (Wildman–Crippen LogP) is 6.04. The van der Waals surface area contributed by atoms with E-state index in [1.165, 1.54) is 19.2 Å². The SMILES string of the molecule is COC[C@H]1CN(C(=O)[C@]2(F)CN(C3CCCC3)C[C@H]2c2ccc(OC)cc2)C[C@@H]1c1ccc(C(F)(F)F)cc1N1CCC(C(=O)OC)CC1. The van der Waals surface area contributed by atoms with Crippen molar-refractivity contribution in [2.45, 2.75) is 68.2 Å². The van der Waals surface area contributed by atoms with E-state index in [0.717, 1.165) is 37.3 Å². The molecule has 2 aromatic rings. The van der Waals surface area contributed by atoms with Gasteiger partial charge in [-0.05, 0) is 61.1 Å². The average Bonchev–Trinajstić information content (AvgIpc) is 3.87. The van der Waals surface area contributed by atoms with Crippen LogP contribution in [0.5, 0.6) is 5.75 Å². The van der Waals surface area contributed by atoms with Gasteiger partial charge in [-0.1, -0.05) is 31.0 Å². The quantitative estimate of drug-likeness (QED) is 0.235. The van der Waals surface area contributed by atoms with Crippen molar-refractivity contribution in [3.05, 3.63) is 59.2 Å². The molecule has 6 rings (SSSR count). The summed E-state index contributed by atoms with van der Waals surface area (Å²) in [5.74, 6) is -1.88. The number of rotatable bonds is 9. The number of nitrogens with zero attached hydrogens (tertiary/aromatic N) is 3. The highest BCUT2D eigenvalue weighted by Gasteiger charge is 2.57. The Morgan fingerprint density at radius 3 is 2.22 bits per heavy atom. The molecule has 2 aromatic carbocycles. The van der Waals surface area contributed by atoms with Gasteiger partial charge in [-0.15, -0.1) is 0 Å². The first kappa shape index (κ1) is 35.4. The molecule has 0 N–H and O–H groups in total. The van der Waals surface area contributed by atoms with Crippen molar-refractivity contribution in [2.24, 2.45) is 11.8 Å². The standard InChI is InChI=1S/C37H47F4N3O5/c1-47-22-26-19-43(35(46)36(38)23-44(28-6-4-5-7-28)21-32(36)24-8-11-29(48-2)12-9-24)20-31(26)30-13-10-27(37(39,40)41)18-33(30)42-16-14-25(15-17-42)34(45)49-3/h8-13,18,25-26,28,31-32H,4-7,14-17,19-23H2,1-3H3/t26-,31+,32+,36+/m1/s1. The summed E-state index contributed by atoms with van der Waals surface area (Å²) in [6, 6.07) is 11.3. The van der Waals surface area contributed by atoms with Crippen molar-refractivity contribution in [3.8, 4) is 5.75 Å². The fraction of sp³-hybridized carbons (Fsp3) is 0.622. The van der Waals surface area contributed by atoms with Crippen LogP contribution in [0.2, 0.25) is 0 Å². The molecule has 4 aliphatic rings. The number of hydrogen-bond donors (Lipinski definition) is 0. The Balaban J connectivity index is 1.31. The average molecular weight is 690 g/mol. The summed E-state index contributed by atoms with van der Waals surface area (Å²) in [4.78, 5) is 32.3. The molecule has 4 fully saturated rings. The van der Waals surface area contributed by atoms with Gasteiger partial charge in [0.25, 0.3) is 5.91 Å². The Hall–Kier alpha value is -3.38. The first-order chi connectivity index (χ1) is 23.5. The fourth-order valence-corrected chi connectivity index (χ4v) is 8.68. The lowest BCUT2D eigenvalue weighted by atomic mass is 9.85. The summed E-state index contributed by atoms with van der Waals surface area (Å²) < 4.78 is 75.5. The number of halogens is 4. The molecule has 0 aromatic heterocycles. The third-order valence-electron chi connectivity index (χ3n) is 11.4. The minimum atomic E-state index is -4.55. The fourth-order valence-electron chi connectivity index (χ4n) is 8.68. The first-order valence-electron chi connectivity index (χ1n) is 17.4. The molecule has 268 valence electrons. The Bertz CT molecular complexity index is 1480. The molecule has 3 saturated heterocycles. The van der Waals surface area contributed by atoms with Gasteiger partial charge in [-0.25, -0.2) is 4.39 Å². The van der Waals surface area contributed by atoms with E-state index in [4.69, 9.17) is 14.2 Å². The molecular weight excluding hydrogens is 642 g/mol. The van der Waals surface area contributed by atoms with Gasteiger partial charge in [0.2, 0.25) is 5.67 Å². The number of likely N-dealkylation sites (tertiary alicyclic amines) is 2. The number of anilines is 1. The van der Waals surface area contributed by atoms with Crippen molar-refractivity contribution in [1.29, 1.82) is 0 Å². The second kappa shape index (κ2) is 14.5. The minimum absolute atomic E-state index is 0.00394. The van der Waals surface area contributed by atoms with Crippen LogP contribution in [0.15, 0.2) is 42.5 Å². The van der Waals surface area contributed by atoms with Crippen LogP contribution in [0.4, 0.5) is 23.2 Å². The van der Waals surface area contributed by atoms with Crippen molar-refractivity contribution < 1.29 is 41.4 Å². The van der Waals surface area contributed by atoms with Crippen molar-refractivity contribution >= 4 is 17.6 Å². The third-order valence-corrected chi connectivity index (χ3v) is 11.4. The number of ether oxygens (including phenoxy) is 3. The second-order valence-corrected chi connectivity index (χ2v) is 14.1. The summed E-state index contributed by atoms with van der Waals surface area (Å²) in [6.07, 6.45) is 0.491. The molecule has 4 atom stereocenters. The van der Waals surface area contributed by atoms with Gasteiger partial charge in [0, 0.05) is 75.9 Å². The Morgan fingerprint density at radius 1 is 0.918 bits per heavy atom. The number of hydrogen-bond acceptors (Lipinski definition) is 7. The third kappa shape index (κ3) is 7.13. The molecule has 8 nitrogen and oxygen atoms in total. The predicted molar refractivity (Wildman–Crippen MR) is 176 cm³/mol. The zero-order valence-electron chi connectivity index (χ0n) is 28.5. The lowest BCUT2D eigenvalue weighted by molar-refractivity contribution is -0.146. The molecule has 0 spiro atoms. The first-order valence-corrected chi connectivity index (χ1v) is 17.4. The number of methoxy groups -OCH3 is 3. The maximum atomic E-state index is 17.7. The normalized spacial score (nSPS) is 27.2. The Labute approximate surface area is 285 Å². The van der Waals surface area contributed by atoms with E-state index in [1.807, 2.05) is 17.0 Å². The summed E-state index contributed by atoms with van der Waals surface area (Å²) in [6.45, 7) is 1.85. The van der Waals surface area contributed by atoms with Crippen molar-refractivity contribution in [3.63, 3.8) is 0 Å². The minimum Gasteiger partial charge on any atom is -0.497 e. The van der Waals surface area contributed by atoms with E-state index in [1.54, 1.807) is 31.3 Å². The van der Waals surface area contributed by atoms with Gasteiger partial charge in [0.1, 0.15) is 5.75 Å². The van der Waals surface area contributed by atoms with Crippen LogP contribution < -0.4 is 9.64 Å². The number of carbonyl (C=O) groups is 2.